The number of para-hydroxylation sites is 1. The lowest BCUT2D eigenvalue weighted by Gasteiger charge is -2.34. The van der Waals surface area contributed by atoms with Gasteiger partial charge < -0.3 is 9.47 Å². The van der Waals surface area contributed by atoms with Crippen molar-refractivity contribution in [2.75, 3.05) is 4.90 Å². The van der Waals surface area contributed by atoms with Crippen molar-refractivity contribution in [1.29, 1.82) is 0 Å². The summed E-state index contributed by atoms with van der Waals surface area (Å²) in [5.74, 6) is 0. The van der Waals surface area contributed by atoms with Crippen molar-refractivity contribution in [1.82, 2.24) is 4.57 Å². The second-order valence-corrected chi connectivity index (χ2v) is 19.5. The van der Waals surface area contributed by atoms with Crippen LogP contribution in [-0.4, -0.2) is 4.57 Å². The Morgan fingerprint density at radius 1 is 0.357 bits per heavy atom. The van der Waals surface area contributed by atoms with E-state index in [0.717, 1.165) is 11.4 Å². The Balaban J connectivity index is 0.877. The van der Waals surface area contributed by atoms with Crippen molar-refractivity contribution in [2.45, 2.75) is 5.41 Å². The number of benzene rings is 11. The number of hydrogen-bond donors (Lipinski definition) is 0. The highest BCUT2D eigenvalue weighted by Gasteiger charge is 2.46. The lowest BCUT2D eigenvalue weighted by molar-refractivity contribution is 0.767. The van der Waals surface area contributed by atoms with Gasteiger partial charge in [0.15, 0.2) is 0 Å². The first kappa shape index (κ1) is 40.3. The smallest absolute Gasteiger partial charge is 0.101 e. The molecule has 2 aromatic heterocycles. The zero-order chi connectivity index (χ0) is 46.2. The van der Waals surface area contributed by atoms with Crippen LogP contribution < -0.4 is 4.90 Å². The summed E-state index contributed by atoms with van der Waals surface area (Å²) in [6.45, 7) is 0. The van der Waals surface area contributed by atoms with Gasteiger partial charge in [-0.25, -0.2) is 0 Å². The molecule has 3 heteroatoms. The molecule has 1 aliphatic carbocycles. The summed E-state index contributed by atoms with van der Waals surface area (Å²) < 4.78 is 2.47. The molecule has 0 saturated carbocycles. The van der Waals surface area contributed by atoms with Gasteiger partial charge in [-0.15, -0.1) is 11.3 Å². The van der Waals surface area contributed by atoms with Crippen LogP contribution >= 0.6 is 11.3 Å². The van der Waals surface area contributed by atoms with Crippen molar-refractivity contribution in [3.63, 3.8) is 0 Å². The minimum Gasteiger partial charge on any atom is -0.309 e. The molecule has 2 heterocycles. The first-order valence-electron chi connectivity index (χ1n) is 24.1. The monoisotopic (exact) mass is 908 g/mol. The van der Waals surface area contributed by atoms with Crippen molar-refractivity contribution in [3.05, 3.63) is 289 Å². The van der Waals surface area contributed by atoms with E-state index in [1.807, 2.05) is 11.3 Å². The van der Waals surface area contributed by atoms with Crippen LogP contribution in [0.2, 0.25) is 0 Å². The number of hydrogen-bond acceptors (Lipinski definition) is 2. The molecule has 0 bridgehead atoms. The maximum Gasteiger partial charge on any atom is 0.101 e. The summed E-state index contributed by atoms with van der Waals surface area (Å²) in [5.41, 5.74) is 16.7. The summed E-state index contributed by atoms with van der Waals surface area (Å²) in [6, 6.07) is 98.6. The topological polar surface area (TPSA) is 8.17 Å². The van der Waals surface area contributed by atoms with E-state index in [0.29, 0.717) is 0 Å². The van der Waals surface area contributed by atoms with Crippen LogP contribution in [0.1, 0.15) is 22.3 Å². The predicted octanol–water partition coefficient (Wildman–Crippen LogP) is 18.3. The molecule has 1 aliphatic rings. The van der Waals surface area contributed by atoms with Crippen molar-refractivity contribution >= 4 is 71.1 Å². The molecular formula is C67H44N2S. The van der Waals surface area contributed by atoms with Crippen LogP contribution in [0.25, 0.3) is 81.7 Å². The number of anilines is 3. The number of thiophene rings is 1. The summed E-state index contributed by atoms with van der Waals surface area (Å²) >= 11 is 1.82. The van der Waals surface area contributed by atoms with Crippen LogP contribution in [0, 0.1) is 0 Å². The Morgan fingerprint density at radius 3 is 1.81 bits per heavy atom. The van der Waals surface area contributed by atoms with Gasteiger partial charge in [0.1, 0.15) is 5.00 Å². The highest BCUT2D eigenvalue weighted by molar-refractivity contribution is 7.19. The highest BCUT2D eigenvalue weighted by Crippen LogP contribution is 2.57. The van der Waals surface area contributed by atoms with E-state index in [9.17, 15) is 0 Å². The van der Waals surface area contributed by atoms with E-state index >= 15 is 0 Å². The molecule has 70 heavy (non-hydrogen) atoms. The second-order valence-electron chi connectivity index (χ2n) is 18.4. The van der Waals surface area contributed by atoms with E-state index in [-0.39, 0.29) is 0 Å². The van der Waals surface area contributed by atoms with E-state index in [2.05, 4.69) is 276 Å². The van der Waals surface area contributed by atoms with Gasteiger partial charge in [-0.05, 0) is 133 Å². The van der Waals surface area contributed by atoms with E-state index < -0.39 is 5.41 Å². The second kappa shape index (κ2) is 16.2. The minimum atomic E-state index is -0.475. The maximum atomic E-state index is 2.47. The fourth-order valence-corrected chi connectivity index (χ4v) is 12.6. The molecule has 13 aromatic rings. The molecule has 0 amide bonds. The highest BCUT2D eigenvalue weighted by atomic mass is 32.1. The Labute approximate surface area is 411 Å². The van der Waals surface area contributed by atoms with Crippen LogP contribution in [0.3, 0.4) is 0 Å². The average Bonchev–Trinajstić information content (AvgIpc) is 4.13. The first-order valence-corrected chi connectivity index (χ1v) is 24.9. The third-order valence-corrected chi connectivity index (χ3v) is 15.8. The normalized spacial score (nSPS) is 12.7. The van der Waals surface area contributed by atoms with Gasteiger partial charge in [-0.1, -0.05) is 200 Å². The van der Waals surface area contributed by atoms with E-state index in [1.165, 1.54) is 109 Å². The number of aromatic nitrogens is 1. The lowest BCUT2D eigenvalue weighted by atomic mass is 9.67. The third kappa shape index (κ3) is 6.25. The quantitative estimate of drug-likeness (QED) is 0.147. The summed E-state index contributed by atoms with van der Waals surface area (Å²) in [6.07, 6.45) is 0. The molecule has 0 radical (unpaired) electrons. The number of rotatable bonds is 8. The molecule has 0 spiro atoms. The summed E-state index contributed by atoms with van der Waals surface area (Å²) in [5, 5.41) is 8.50. The van der Waals surface area contributed by atoms with Crippen LogP contribution in [0.4, 0.5) is 16.4 Å². The maximum absolute atomic E-state index is 2.47. The van der Waals surface area contributed by atoms with Gasteiger partial charge in [0.25, 0.3) is 0 Å². The molecule has 0 N–H and O–H groups in total. The minimum absolute atomic E-state index is 0.475. The van der Waals surface area contributed by atoms with Crippen LogP contribution in [0.5, 0.6) is 0 Å². The molecule has 14 rings (SSSR count). The van der Waals surface area contributed by atoms with Gasteiger partial charge in [0, 0.05) is 32.4 Å². The molecule has 11 aromatic carbocycles. The van der Waals surface area contributed by atoms with Gasteiger partial charge in [0.2, 0.25) is 0 Å². The van der Waals surface area contributed by atoms with Gasteiger partial charge in [-0.3, -0.25) is 0 Å². The van der Waals surface area contributed by atoms with Crippen LogP contribution in [0.15, 0.2) is 267 Å². The lowest BCUT2D eigenvalue weighted by Crippen LogP contribution is -2.28. The molecular weight excluding hydrogens is 865 g/mol. The molecule has 2 nitrogen and oxygen atoms in total. The largest absolute Gasteiger partial charge is 0.309 e. The van der Waals surface area contributed by atoms with E-state index in [4.69, 9.17) is 0 Å². The zero-order valence-electron chi connectivity index (χ0n) is 38.2. The Morgan fingerprint density at radius 2 is 0.986 bits per heavy atom. The molecule has 0 fully saturated rings. The number of nitrogens with zero attached hydrogens (tertiary/aromatic N) is 2. The third-order valence-electron chi connectivity index (χ3n) is 14.7. The predicted molar refractivity (Wildman–Crippen MR) is 297 cm³/mol. The SMILES string of the molecule is c1ccc(-c2ccc(N(c3ccc4cc(-c5ccc6c(c5)c5ccccc5n6-c5ccc6c(c5)C(c5ccccc5)(c5ccccc5)c5ccccc5-6)ccc4c3)c3cccc4ccccc34)s2)cc1. The molecule has 0 saturated heterocycles. The Bertz CT molecular complexity index is 4080. The van der Waals surface area contributed by atoms with Crippen molar-refractivity contribution in [2.24, 2.45) is 0 Å². The average molecular weight is 909 g/mol. The van der Waals surface area contributed by atoms with Gasteiger partial charge in [0.05, 0.1) is 22.1 Å². The molecule has 0 aliphatic heterocycles. The first-order chi connectivity index (χ1) is 34.7. The van der Waals surface area contributed by atoms with Crippen LogP contribution in [-0.2, 0) is 5.41 Å². The van der Waals surface area contributed by atoms with Crippen molar-refractivity contribution < 1.29 is 0 Å². The molecule has 0 unspecified atom stereocenters. The van der Waals surface area contributed by atoms with Gasteiger partial charge >= 0.3 is 0 Å². The summed E-state index contributed by atoms with van der Waals surface area (Å²) in [7, 11) is 0. The molecule has 0 atom stereocenters. The standard InChI is InChI=1S/C67H44N2S/c1-4-18-46(19-5-1)65-39-40-66(70-65)69(62-30-16-20-45-17-10-11-25-55(45)62)53-35-33-48-41-47(31-32-49(48)42-53)50-34-38-64-59(43-50)58-27-13-15-29-63(58)68(64)54-36-37-57-56-26-12-14-28-60(56)67(61(57)44-54,51-21-6-2-7-22-51)52-23-8-3-9-24-52/h1-44H. The Kier molecular flexibility index (Phi) is 9.33. The summed E-state index contributed by atoms with van der Waals surface area (Å²) in [4.78, 5) is 3.68. The molecule has 328 valence electrons. The fraction of sp³-hybridized carbons (Fsp3) is 0.0149. The number of fused-ring (bicyclic) bond motifs is 8. The zero-order valence-corrected chi connectivity index (χ0v) is 39.0. The van der Waals surface area contributed by atoms with Crippen molar-refractivity contribution in [3.8, 4) is 38.4 Å². The fourth-order valence-electron chi connectivity index (χ4n) is 11.5. The van der Waals surface area contributed by atoms with Gasteiger partial charge in [-0.2, -0.15) is 0 Å². The Hall–Kier alpha value is -8.76. The van der Waals surface area contributed by atoms with E-state index in [1.54, 1.807) is 0 Å².